The minimum atomic E-state index is -1.03. The number of aliphatic carboxylic acids is 1. The summed E-state index contributed by atoms with van der Waals surface area (Å²) in [5, 5.41) is 14.3. The van der Waals surface area contributed by atoms with Gasteiger partial charge in [-0.3, -0.25) is 4.79 Å². The molecule has 1 atom stereocenters. The zero-order chi connectivity index (χ0) is 12.8. The first-order valence-corrected chi connectivity index (χ1v) is 5.29. The lowest BCUT2D eigenvalue weighted by atomic mass is 10.1. The third-order valence-corrected chi connectivity index (χ3v) is 2.36. The average Bonchev–Trinajstić information content (AvgIpc) is 2.28. The Bertz CT molecular complexity index is 401. The zero-order valence-electron chi connectivity index (χ0n) is 9.86. The molecule has 1 aromatic carbocycles. The van der Waals surface area contributed by atoms with Crippen LogP contribution in [0.1, 0.15) is 12.5 Å². The summed E-state index contributed by atoms with van der Waals surface area (Å²) >= 11 is 0. The molecular formula is C12H16N2O3. The lowest BCUT2D eigenvalue weighted by Gasteiger charge is -2.13. The molecule has 0 spiro atoms. The van der Waals surface area contributed by atoms with Crippen molar-refractivity contribution in [3.05, 3.63) is 29.8 Å². The van der Waals surface area contributed by atoms with E-state index in [-0.39, 0.29) is 12.3 Å². The third kappa shape index (κ3) is 4.14. The number of hydrogen-bond donors (Lipinski definition) is 3. The highest BCUT2D eigenvalue weighted by Crippen LogP contribution is 2.10. The first kappa shape index (κ1) is 13.0. The molecule has 0 fully saturated rings. The second-order valence-corrected chi connectivity index (χ2v) is 3.74. The Morgan fingerprint density at radius 3 is 2.29 bits per heavy atom. The van der Waals surface area contributed by atoms with Crippen LogP contribution in [0.4, 0.5) is 5.69 Å². The van der Waals surface area contributed by atoms with Gasteiger partial charge < -0.3 is 15.7 Å². The molecule has 0 saturated carbocycles. The van der Waals surface area contributed by atoms with Crippen molar-refractivity contribution in [3.8, 4) is 0 Å². The predicted molar refractivity (Wildman–Crippen MR) is 64.9 cm³/mol. The van der Waals surface area contributed by atoms with Gasteiger partial charge in [0.05, 0.1) is 0 Å². The number of anilines is 1. The Kier molecular flexibility index (Phi) is 4.51. The molecule has 5 nitrogen and oxygen atoms in total. The Balaban J connectivity index is 2.71. The maximum atomic E-state index is 10.9. The Labute approximate surface area is 99.8 Å². The highest BCUT2D eigenvalue weighted by molar-refractivity contribution is 5.82. The van der Waals surface area contributed by atoms with Crippen molar-refractivity contribution >= 4 is 17.6 Å². The van der Waals surface area contributed by atoms with Crippen LogP contribution in [0.15, 0.2) is 24.3 Å². The summed E-state index contributed by atoms with van der Waals surface area (Å²) in [7, 11) is 1.81. The monoisotopic (exact) mass is 236 g/mol. The highest BCUT2D eigenvalue weighted by atomic mass is 16.4. The van der Waals surface area contributed by atoms with Crippen molar-refractivity contribution in [1.82, 2.24) is 5.32 Å². The fourth-order valence-corrected chi connectivity index (χ4v) is 1.49. The molecule has 0 aromatic heterocycles. The number of benzene rings is 1. The van der Waals surface area contributed by atoms with E-state index in [0.717, 1.165) is 11.3 Å². The van der Waals surface area contributed by atoms with Crippen LogP contribution >= 0.6 is 0 Å². The van der Waals surface area contributed by atoms with Gasteiger partial charge in [-0.25, -0.2) is 4.79 Å². The summed E-state index contributed by atoms with van der Waals surface area (Å²) in [5.74, 6) is -1.37. The van der Waals surface area contributed by atoms with E-state index in [1.807, 2.05) is 31.3 Å². The van der Waals surface area contributed by atoms with E-state index in [1.54, 1.807) is 0 Å². The smallest absolute Gasteiger partial charge is 0.326 e. The van der Waals surface area contributed by atoms with Gasteiger partial charge in [0, 0.05) is 26.1 Å². The topological polar surface area (TPSA) is 78.4 Å². The lowest BCUT2D eigenvalue weighted by molar-refractivity contribution is -0.141. The van der Waals surface area contributed by atoms with Gasteiger partial charge in [-0.15, -0.1) is 0 Å². The van der Waals surface area contributed by atoms with Crippen LogP contribution in [0.2, 0.25) is 0 Å². The fraction of sp³-hybridized carbons (Fsp3) is 0.333. The number of nitrogens with one attached hydrogen (secondary N) is 2. The molecule has 0 aliphatic rings. The standard InChI is InChI=1S/C12H16N2O3/c1-8(15)14-11(12(16)17)7-9-3-5-10(13-2)6-4-9/h3-6,11,13H,7H2,1-2H3,(H,14,15)(H,16,17). The molecule has 0 aliphatic carbocycles. The fourth-order valence-electron chi connectivity index (χ4n) is 1.49. The number of amides is 1. The van der Waals surface area contributed by atoms with Gasteiger partial charge in [0.15, 0.2) is 0 Å². The van der Waals surface area contributed by atoms with Crippen LogP contribution < -0.4 is 10.6 Å². The van der Waals surface area contributed by atoms with Crippen molar-refractivity contribution in [2.75, 3.05) is 12.4 Å². The summed E-state index contributed by atoms with van der Waals surface area (Å²) in [4.78, 5) is 21.8. The van der Waals surface area contributed by atoms with Crippen LogP contribution in [0.5, 0.6) is 0 Å². The van der Waals surface area contributed by atoms with Gasteiger partial charge in [0.1, 0.15) is 6.04 Å². The molecule has 0 bridgehead atoms. The normalized spacial score (nSPS) is 11.6. The molecule has 0 aliphatic heterocycles. The van der Waals surface area contributed by atoms with Crippen molar-refractivity contribution in [2.45, 2.75) is 19.4 Å². The molecule has 1 amide bonds. The van der Waals surface area contributed by atoms with E-state index in [4.69, 9.17) is 5.11 Å². The van der Waals surface area contributed by atoms with Crippen LogP contribution in [0.3, 0.4) is 0 Å². The van der Waals surface area contributed by atoms with E-state index in [9.17, 15) is 9.59 Å². The van der Waals surface area contributed by atoms with E-state index in [0.29, 0.717) is 0 Å². The molecule has 1 rings (SSSR count). The number of carbonyl (C=O) groups is 2. The SMILES string of the molecule is CNc1ccc(CC(NC(C)=O)C(=O)O)cc1. The third-order valence-electron chi connectivity index (χ3n) is 2.36. The molecule has 3 N–H and O–H groups in total. The Hall–Kier alpha value is -2.04. The average molecular weight is 236 g/mol. The van der Waals surface area contributed by atoms with Crippen LogP contribution in [-0.2, 0) is 16.0 Å². The maximum absolute atomic E-state index is 10.9. The number of carboxylic acids is 1. The molecule has 1 unspecified atom stereocenters. The largest absolute Gasteiger partial charge is 0.480 e. The quantitative estimate of drug-likeness (QED) is 0.708. The van der Waals surface area contributed by atoms with Gasteiger partial charge >= 0.3 is 5.97 Å². The summed E-state index contributed by atoms with van der Waals surface area (Å²) in [6, 6.07) is 6.52. The second kappa shape index (κ2) is 5.89. The van der Waals surface area contributed by atoms with E-state index in [1.165, 1.54) is 6.92 Å². The first-order valence-electron chi connectivity index (χ1n) is 5.29. The number of rotatable bonds is 5. The van der Waals surface area contributed by atoms with Crippen LogP contribution in [0, 0.1) is 0 Å². The number of hydrogen-bond acceptors (Lipinski definition) is 3. The molecule has 92 valence electrons. The van der Waals surface area contributed by atoms with Crippen molar-refractivity contribution < 1.29 is 14.7 Å². The van der Waals surface area contributed by atoms with Gasteiger partial charge in [-0.05, 0) is 17.7 Å². The van der Waals surface area contributed by atoms with Gasteiger partial charge in [-0.1, -0.05) is 12.1 Å². The summed E-state index contributed by atoms with van der Waals surface area (Å²) in [5.41, 5.74) is 1.82. The van der Waals surface area contributed by atoms with Gasteiger partial charge in [0.25, 0.3) is 0 Å². The first-order chi connectivity index (χ1) is 8.02. The highest BCUT2D eigenvalue weighted by Gasteiger charge is 2.18. The van der Waals surface area contributed by atoms with Crippen molar-refractivity contribution in [2.24, 2.45) is 0 Å². The Morgan fingerprint density at radius 1 is 1.29 bits per heavy atom. The molecule has 5 heteroatoms. The number of carbonyl (C=O) groups excluding carboxylic acids is 1. The van der Waals surface area contributed by atoms with Crippen molar-refractivity contribution in [3.63, 3.8) is 0 Å². The van der Waals surface area contributed by atoms with Gasteiger partial charge in [-0.2, -0.15) is 0 Å². The minimum Gasteiger partial charge on any atom is -0.480 e. The summed E-state index contributed by atoms with van der Waals surface area (Å²) < 4.78 is 0. The van der Waals surface area contributed by atoms with E-state index in [2.05, 4.69) is 10.6 Å². The summed E-state index contributed by atoms with van der Waals surface area (Å²) in [6.45, 7) is 1.31. The predicted octanol–water partition coefficient (Wildman–Crippen LogP) is 0.860. The number of carboxylic acid groups (broad SMARTS) is 1. The minimum absolute atomic E-state index is 0.277. The molecule has 0 saturated heterocycles. The summed E-state index contributed by atoms with van der Waals surface area (Å²) in [6.07, 6.45) is 0.277. The molecule has 0 heterocycles. The molecule has 0 radical (unpaired) electrons. The van der Waals surface area contributed by atoms with Crippen molar-refractivity contribution in [1.29, 1.82) is 0 Å². The maximum Gasteiger partial charge on any atom is 0.326 e. The molecular weight excluding hydrogens is 220 g/mol. The van der Waals surface area contributed by atoms with Crippen LogP contribution in [-0.4, -0.2) is 30.1 Å². The van der Waals surface area contributed by atoms with Gasteiger partial charge in [0.2, 0.25) is 5.91 Å². The van der Waals surface area contributed by atoms with E-state index >= 15 is 0 Å². The zero-order valence-corrected chi connectivity index (χ0v) is 9.86. The molecule has 1 aromatic rings. The Morgan fingerprint density at radius 2 is 1.88 bits per heavy atom. The second-order valence-electron chi connectivity index (χ2n) is 3.74. The van der Waals surface area contributed by atoms with E-state index < -0.39 is 12.0 Å². The molecule has 17 heavy (non-hydrogen) atoms. The lowest BCUT2D eigenvalue weighted by Crippen LogP contribution is -2.41. The van der Waals surface area contributed by atoms with Crippen LogP contribution in [0.25, 0.3) is 0 Å².